The summed E-state index contributed by atoms with van der Waals surface area (Å²) in [5, 5.41) is 3.68. The van der Waals surface area contributed by atoms with Crippen molar-refractivity contribution in [1.82, 2.24) is 10.2 Å². The number of benzene rings is 1. The van der Waals surface area contributed by atoms with Crippen LogP contribution >= 0.6 is 0 Å². The summed E-state index contributed by atoms with van der Waals surface area (Å²) in [6.07, 6.45) is 4.91. The molecule has 3 N–H and O–H groups in total. The number of nitrogens with zero attached hydrogens (tertiary/aromatic N) is 1. The Hall–Kier alpha value is -1.06. The fraction of sp³-hybridized carbons (Fsp3) is 0.600. The third-order valence-corrected chi connectivity index (χ3v) is 3.66. The molecular formula is C15H25N3. The second-order valence-electron chi connectivity index (χ2n) is 5.51. The Morgan fingerprint density at radius 1 is 1.39 bits per heavy atom. The van der Waals surface area contributed by atoms with Crippen molar-refractivity contribution in [3.8, 4) is 0 Å². The van der Waals surface area contributed by atoms with Crippen molar-refractivity contribution in [2.24, 2.45) is 0 Å². The highest BCUT2D eigenvalue weighted by molar-refractivity contribution is 5.46. The van der Waals surface area contributed by atoms with Crippen molar-refractivity contribution in [1.29, 1.82) is 0 Å². The average Bonchev–Trinajstić information content (AvgIpc) is 2.34. The number of nitrogens with one attached hydrogen (secondary N) is 1. The van der Waals surface area contributed by atoms with Gasteiger partial charge in [0, 0.05) is 11.7 Å². The largest absolute Gasteiger partial charge is 0.399 e. The van der Waals surface area contributed by atoms with Gasteiger partial charge in [0.05, 0.1) is 0 Å². The minimum absolute atomic E-state index is 0.499. The van der Waals surface area contributed by atoms with Crippen molar-refractivity contribution in [3.63, 3.8) is 0 Å². The molecule has 1 atom stereocenters. The van der Waals surface area contributed by atoms with E-state index in [1.165, 1.54) is 36.8 Å². The lowest BCUT2D eigenvalue weighted by Gasteiger charge is -2.27. The van der Waals surface area contributed by atoms with Gasteiger partial charge < -0.3 is 16.0 Å². The number of aryl methyl sites for hydroxylation is 1. The Bertz CT molecular complexity index is 387. The van der Waals surface area contributed by atoms with Gasteiger partial charge in [0.25, 0.3) is 0 Å². The number of anilines is 1. The van der Waals surface area contributed by atoms with Crippen molar-refractivity contribution < 1.29 is 0 Å². The molecule has 0 radical (unpaired) electrons. The van der Waals surface area contributed by atoms with Gasteiger partial charge in [-0.3, -0.25) is 0 Å². The van der Waals surface area contributed by atoms with Crippen molar-refractivity contribution in [2.45, 2.75) is 31.7 Å². The summed E-state index contributed by atoms with van der Waals surface area (Å²) in [5.74, 6) is 0. The van der Waals surface area contributed by atoms with E-state index in [9.17, 15) is 0 Å². The Labute approximate surface area is 110 Å². The van der Waals surface area contributed by atoms with Crippen LogP contribution in [0.5, 0.6) is 0 Å². The minimum Gasteiger partial charge on any atom is -0.399 e. The van der Waals surface area contributed by atoms with Gasteiger partial charge in [0.1, 0.15) is 0 Å². The molecule has 0 saturated carbocycles. The number of hydrogen-bond acceptors (Lipinski definition) is 3. The van der Waals surface area contributed by atoms with Crippen LogP contribution < -0.4 is 11.1 Å². The van der Waals surface area contributed by atoms with Gasteiger partial charge in [-0.25, -0.2) is 0 Å². The first-order chi connectivity index (χ1) is 8.66. The highest BCUT2D eigenvalue weighted by Gasteiger charge is 2.19. The standard InChI is InChI=1S/C15H25N3/c1-18(2)10-4-9-17-15-6-3-5-12-7-8-13(16)11-14(12)15/h7-8,11,15,17H,3-6,9-10,16H2,1-2H3. The second kappa shape index (κ2) is 6.21. The lowest BCUT2D eigenvalue weighted by Crippen LogP contribution is -2.28. The van der Waals surface area contributed by atoms with Gasteiger partial charge in [-0.2, -0.15) is 0 Å². The molecule has 3 nitrogen and oxygen atoms in total. The third kappa shape index (κ3) is 3.47. The molecule has 0 amide bonds. The normalized spacial score (nSPS) is 18.9. The number of fused-ring (bicyclic) bond motifs is 1. The third-order valence-electron chi connectivity index (χ3n) is 3.66. The predicted molar refractivity (Wildman–Crippen MR) is 77.7 cm³/mol. The highest BCUT2D eigenvalue weighted by atomic mass is 15.1. The van der Waals surface area contributed by atoms with Crippen LogP contribution in [0.3, 0.4) is 0 Å². The van der Waals surface area contributed by atoms with Gasteiger partial charge in [-0.1, -0.05) is 6.07 Å². The zero-order valence-electron chi connectivity index (χ0n) is 11.6. The molecule has 0 saturated heterocycles. The van der Waals surface area contributed by atoms with Crippen molar-refractivity contribution >= 4 is 5.69 Å². The van der Waals surface area contributed by atoms with Crippen molar-refractivity contribution in [3.05, 3.63) is 29.3 Å². The van der Waals surface area contributed by atoms with Crippen LogP contribution in [0, 0.1) is 0 Å². The van der Waals surface area contributed by atoms with Crippen LogP contribution in [0.2, 0.25) is 0 Å². The summed E-state index contributed by atoms with van der Waals surface area (Å²) < 4.78 is 0. The van der Waals surface area contributed by atoms with Crippen LogP contribution in [0.4, 0.5) is 5.69 Å². The van der Waals surface area contributed by atoms with E-state index < -0.39 is 0 Å². The zero-order chi connectivity index (χ0) is 13.0. The molecule has 0 aromatic heterocycles. The Morgan fingerprint density at radius 3 is 3.00 bits per heavy atom. The Kier molecular flexibility index (Phi) is 4.61. The summed E-state index contributed by atoms with van der Waals surface area (Å²) >= 11 is 0. The molecule has 100 valence electrons. The molecule has 18 heavy (non-hydrogen) atoms. The van der Waals surface area contributed by atoms with Gasteiger partial charge in [0.15, 0.2) is 0 Å². The molecule has 0 spiro atoms. The highest BCUT2D eigenvalue weighted by Crippen LogP contribution is 2.30. The number of hydrogen-bond donors (Lipinski definition) is 2. The zero-order valence-corrected chi connectivity index (χ0v) is 11.6. The molecule has 2 rings (SSSR count). The van der Waals surface area contributed by atoms with Crippen LogP contribution in [-0.2, 0) is 6.42 Å². The molecule has 1 aromatic rings. The molecule has 1 aromatic carbocycles. The quantitative estimate of drug-likeness (QED) is 0.619. The maximum Gasteiger partial charge on any atom is 0.0323 e. The van der Waals surface area contributed by atoms with Crippen LogP contribution in [0.25, 0.3) is 0 Å². The Balaban J connectivity index is 1.93. The molecule has 1 aliphatic carbocycles. The summed E-state index contributed by atoms with van der Waals surface area (Å²) in [6.45, 7) is 2.22. The Morgan fingerprint density at radius 2 is 2.22 bits per heavy atom. The van der Waals surface area contributed by atoms with E-state index in [0.29, 0.717) is 6.04 Å². The van der Waals surface area contributed by atoms with E-state index in [1.54, 1.807) is 0 Å². The monoisotopic (exact) mass is 247 g/mol. The first kappa shape index (κ1) is 13.4. The average molecular weight is 247 g/mol. The van der Waals surface area contributed by atoms with Crippen LogP contribution in [0.1, 0.15) is 36.4 Å². The second-order valence-corrected chi connectivity index (χ2v) is 5.51. The molecule has 0 bridgehead atoms. The van der Waals surface area contributed by atoms with E-state index in [2.05, 4.69) is 36.4 Å². The van der Waals surface area contributed by atoms with Gasteiger partial charge in [-0.05, 0) is 76.1 Å². The molecule has 1 unspecified atom stereocenters. The first-order valence-electron chi connectivity index (χ1n) is 6.93. The summed E-state index contributed by atoms with van der Waals surface area (Å²) in [6, 6.07) is 6.86. The van der Waals surface area contributed by atoms with E-state index in [4.69, 9.17) is 5.73 Å². The lowest BCUT2D eigenvalue weighted by atomic mass is 9.87. The smallest absolute Gasteiger partial charge is 0.0323 e. The topological polar surface area (TPSA) is 41.3 Å². The van der Waals surface area contributed by atoms with Crippen LogP contribution in [-0.4, -0.2) is 32.1 Å². The molecule has 1 aliphatic rings. The van der Waals surface area contributed by atoms with Gasteiger partial charge in [0.2, 0.25) is 0 Å². The van der Waals surface area contributed by atoms with Crippen molar-refractivity contribution in [2.75, 3.05) is 32.9 Å². The first-order valence-corrected chi connectivity index (χ1v) is 6.93. The fourth-order valence-corrected chi connectivity index (χ4v) is 2.70. The van der Waals surface area contributed by atoms with Crippen LogP contribution in [0.15, 0.2) is 18.2 Å². The maximum absolute atomic E-state index is 5.90. The maximum atomic E-state index is 5.90. The number of rotatable bonds is 5. The fourth-order valence-electron chi connectivity index (χ4n) is 2.70. The lowest BCUT2D eigenvalue weighted by molar-refractivity contribution is 0.379. The summed E-state index contributed by atoms with van der Waals surface area (Å²) in [5.41, 5.74) is 9.68. The number of nitrogens with two attached hydrogens (primary N) is 1. The molecule has 0 aliphatic heterocycles. The SMILES string of the molecule is CN(C)CCCNC1CCCc2ccc(N)cc21. The molecular weight excluding hydrogens is 222 g/mol. The predicted octanol–water partition coefficient (Wildman–Crippen LogP) is 2.19. The molecule has 3 heteroatoms. The molecule has 0 heterocycles. The summed E-state index contributed by atoms with van der Waals surface area (Å²) in [7, 11) is 4.24. The van der Waals surface area contributed by atoms with E-state index in [0.717, 1.165) is 18.8 Å². The minimum atomic E-state index is 0.499. The van der Waals surface area contributed by atoms with Gasteiger partial charge in [-0.15, -0.1) is 0 Å². The van der Waals surface area contributed by atoms with E-state index >= 15 is 0 Å². The van der Waals surface area contributed by atoms with E-state index in [1.807, 2.05) is 6.07 Å². The summed E-state index contributed by atoms with van der Waals surface area (Å²) in [4.78, 5) is 2.23. The number of nitrogen functional groups attached to an aromatic ring is 1. The molecule has 0 fully saturated rings. The van der Waals surface area contributed by atoms with Gasteiger partial charge >= 0.3 is 0 Å². The van der Waals surface area contributed by atoms with E-state index in [-0.39, 0.29) is 0 Å².